The van der Waals surface area contributed by atoms with Crippen molar-refractivity contribution in [3.8, 4) is 0 Å². The molecule has 4 nitrogen and oxygen atoms in total. The Bertz CT molecular complexity index is 434. The fraction of sp³-hybridized carbons (Fsp3) is 0.385. The van der Waals surface area contributed by atoms with E-state index in [1.54, 1.807) is 19.1 Å². The van der Waals surface area contributed by atoms with Gasteiger partial charge in [-0.1, -0.05) is 23.9 Å². The molecule has 0 aromatic heterocycles. The first kappa shape index (κ1) is 14.6. The second kappa shape index (κ2) is 7.06. The van der Waals surface area contributed by atoms with Gasteiger partial charge in [0.2, 0.25) is 0 Å². The first-order valence-corrected chi connectivity index (χ1v) is 6.59. The summed E-state index contributed by atoms with van der Waals surface area (Å²) in [5.74, 6) is -0.307. The number of hydrogen-bond donors (Lipinski definition) is 1. The monoisotopic (exact) mass is 267 g/mol. The number of nitrogen functional groups attached to an aromatic ring is 1. The topological polar surface area (TPSA) is 69.4 Å². The minimum Gasteiger partial charge on any atom is -0.466 e. The fourth-order valence-corrected chi connectivity index (χ4v) is 2.46. The van der Waals surface area contributed by atoms with E-state index >= 15 is 0 Å². The molecule has 1 atom stereocenters. The third-order valence-electron chi connectivity index (χ3n) is 2.25. The number of nitrogens with two attached hydrogens (primary N) is 1. The van der Waals surface area contributed by atoms with Gasteiger partial charge in [0.05, 0.1) is 13.0 Å². The maximum absolute atomic E-state index is 11.5. The van der Waals surface area contributed by atoms with Crippen molar-refractivity contribution in [1.82, 2.24) is 0 Å². The Morgan fingerprint density at radius 3 is 2.72 bits per heavy atom. The summed E-state index contributed by atoms with van der Waals surface area (Å²) < 4.78 is 4.91. The van der Waals surface area contributed by atoms with Gasteiger partial charge in [-0.25, -0.2) is 0 Å². The van der Waals surface area contributed by atoms with Crippen LogP contribution in [-0.2, 0) is 14.3 Å². The van der Waals surface area contributed by atoms with E-state index in [1.807, 2.05) is 12.1 Å². The standard InChI is InChI=1S/C13H17NO3S/c1-3-17-13(16)8-12(18-9(2)15)10-5-4-6-11(14)7-10/h4-7,12H,3,8,14H2,1-2H3. The van der Waals surface area contributed by atoms with Crippen LogP contribution in [0.4, 0.5) is 5.69 Å². The zero-order valence-corrected chi connectivity index (χ0v) is 11.3. The van der Waals surface area contributed by atoms with E-state index in [9.17, 15) is 9.59 Å². The molecule has 0 heterocycles. The molecular formula is C13H17NO3S. The normalized spacial score (nSPS) is 11.9. The molecule has 1 rings (SSSR count). The van der Waals surface area contributed by atoms with Gasteiger partial charge in [-0.15, -0.1) is 0 Å². The van der Waals surface area contributed by atoms with Crippen LogP contribution in [0.1, 0.15) is 31.1 Å². The van der Waals surface area contributed by atoms with Crippen LogP contribution in [-0.4, -0.2) is 17.7 Å². The van der Waals surface area contributed by atoms with E-state index in [2.05, 4.69) is 0 Å². The molecule has 98 valence electrons. The number of esters is 1. The lowest BCUT2D eigenvalue weighted by Gasteiger charge is -2.15. The average molecular weight is 267 g/mol. The maximum atomic E-state index is 11.5. The van der Waals surface area contributed by atoms with Gasteiger partial charge < -0.3 is 10.5 Å². The van der Waals surface area contributed by atoms with E-state index in [-0.39, 0.29) is 22.8 Å². The summed E-state index contributed by atoms with van der Waals surface area (Å²) >= 11 is 1.12. The molecule has 0 saturated carbocycles. The van der Waals surface area contributed by atoms with Crippen molar-refractivity contribution in [3.05, 3.63) is 29.8 Å². The van der Waals surface area contributed by atoms with Gasteiger partial charge in [-0.05, 0) is 24.6 Å². The molecule has 0 fully saturated rings. The van der Waals surface area contributed by atoms with Crippen molar-refractivity contribution in [2.75, 3.05) is 12.3 Å². The van der Waals surface area contributed by atoms with Crippen LogP contribution in [0.2, 0.25) is 0 Å². The summed E-state index contributed by atoms with van der Waals surface area (Å²) in [6.07, 6.45) is 0.168. The van der Waals surface area contributed by atoms with Crippen LogP contribution < -0.4 is 5.73 Å². The van der Waals surface area contributed by atoms with E-state index in [1.165, 1.54) is 6.92 Å². The molecule has 0 aliphatic heterocycles. The third-order valence-corrected chi connectivity index (χ3v) is 3.30. The number of carbonyl (C=O) groups excluding carboxylic acids is 2. The largest absolute Gasteiger partial charge is 0.466 e. The van der Waals surface area contributed by atoms with Crippen molar-refractivity contribution < 1.29 is 14.3 Å². The summed E-state index contributed by atoms with van der Waals surface area (Å²) in [5, 5.41) is -0.281. The second-order valence-electron chi connectivity index (χ2n) is 3.78. The predicted molar refractivity (Wildman–Crippen MR) is 73.1 cm³/mol. The minimum absolute atomic E-state index is 0.0354. The van der Waals surface area contributed by atoms with Crippen molar-refractivity contribution in [3.63, 3.8) is 0 Å². The minimum atomic E-state index is -0.307. The highest BCUT2D eigenvalue weighted by Crippen LogP contribution is 2.33. The molecule has 1 unspecified atom stereocenters. The van der Waals surface area contributed by atoms with Gasteiger partial charge in [-0.3, -0.25) is 9.59 Å². The molecule has 0 aliphatic rings. The molecule has 0 saturated heterocycles. The molecule has 1 aromatic carbocycles. The molecule has 5 heteroatoms. The molecule has 1 aromatic rings. The number of rotatable bonds is 5. The quantitative estimate of drug-likeness (QED) is 0.656. The van der Waals surface area contributed by atoms with Crippen molar-refractivity contribution >= 4 is 28.5 Å². The fourth-order valence-electron chi connectivity index (χ4n) is 1.56. The highest BCUT2D eigenvalue weighted by molar-refractivity contribution is 8.13. The van der Waals surface area contributed by atoms with Crippen LogP contribution >= 0.6 is 11.8 Å². The third kappa shape index (κ3) is 4.79. The summed E-state index contributed by atoms with van der Waals surface area (Å²) in [7, 11) is 0. The SMILES string of the molecule is CCOC(=O)CC(SC(C)=O)c1cccc(N)c1. The smallest absolute Gasteiger partial charge is 0.307 e. The van der Waals surface area contributed by atoms with Gasteiger partial charge in [-0.2, -0.15) is 0 Å². The van der Waals surface area contributed by atoms with Crippen LogP contribution in [0.15, 0.2) is 24.3 Å². The van der Waals surface area contributed by atoms with Gasteiger partial charge in [0.25, 0.3) is 0 Å². The summed E-state index contributed by atoms with van der Waals surface area (Å²) in [6.45, 7) is 3.58. The summed E-state index contributed by atoms with van der Waals surface area (Å²) in [6, 6.07) is 7.21. The molecule has 0 aliphatic carbocycles. The molecule has 18 heavy (non-hydrogen) atoms. The molecular weight excluding hydrogens is 250 g/mol. The number of thioether (sulfide) groups is 1. The second-order valence-corrected chi connectivity index (χ2v) is 5.16. The van der Waals surface area contributed by atoms with E-state index in [4.69, 9.17) is 10.5 Å². The van der Waals surface area contributed by atoms with Gasteiger partial charge in [0.15, 0.2) is 5.12 Å². The Balaban J connectivity index is 2.84. The molecule has 0 spiro atoms. The van der Waals surface area contributed by atoms with Crippen LogP contribution in [0, 0.1) is 0 Å². The number of ether oxygens (including phenoxy) is 1. The molecule has 2 N–H and O–H groups in total. The highest BCUT2D eigenvalue weighted by atomic mass is 32.2. The number of carbonyl (C=O) groups is 2. The van der Waals surface area contributed by atoms with Crippen LogP contribution in [0.3, 0.4) is 0 Å². The van der Waals surface area contributed by atoms with Gasteiger partial charge in [0.1, 0.15) is 0 Å². The first-order valence-electron chi connectivity index (χ1n) is 5.71. The predicted octanol–water partition coefficient (Wildman–Crippen LogP) is 2.54. The Hall–Kier alpha value is -1.49. The number of benzene rings is 1. The number of anilines is 1. The highest BCUT2D eigenvalue weighted by Gasteiger charge is 2.19. The summed E-state index contributed by atoms with van der Waals surface area (Å²) in [4.78, 5) is 22.7. The molecule has 0 bridgehead atoms. The van der Waals surface area contributed by atoms with E-state index in [0.29, 0.717) is 12.3 Å². The Kier molecular flexibility index (Phi) is 5.71. The molecule has 0 radical (unpaired) electrons. The summed E-state index contributed by atoms with van der Waals surface area (Å²) in [5.41, 5.74) is 7.19. The van der Waals surface area contributed by atoms with Crippen molar-refractivity contribution in [1.29, 1.82) is 0 Å². The van der Waals surface area contributed by atoms with E-state index < -0.39 is 0 Å². The maximum Gasteiger partial charge on any atom is 0.307 e. The number of hydrogen-bond acceptors (Lipinski definition) is 5. The zero-order chi connectivity index (χ0) is 13.5. The van der Waals surface area contributed by atoms with E-state index in [0.717, 1.165) is 17.3 Å². The Morgan fingerprint density at radius 1 is 1.44 bits per heavy atom. The van der Waals surface area contributed by atoms with Crippen LogP contribution in [0.25, 0.3) is 0 Å². The Labute approximate surface area is 111 Å². The lowest BCUT2D eigenvalue weighted by atomic mass is 10.1. The lowest BCUT2D eigenvalue weighted by molar-refractivity contribution is -0.143. The molecule has 0 amide bonds. The first-order chi connectivity index (χ1) is 8.52. The zero-order valence-electron chi connectivity index (χ0n) is 10.5. The Morgan fingerprint density at radius 2 is 2.17 bits per heavy atom. The van der Waals surface area contributed by atoms with Crippen molar-refractivity contribution in [2.45, 2.75) is 25.5 Å². The van der Waals surface area contributed by atoms with Crippen LogP contribution in [0.5, 0.6) is 0 Å². The van der Waals surface area contributed by atoms with Crippen molar-refractivity contribution in [2.24, 2.45) is 0 Å². The average Bonchev–Trinajstić information content (AvgIpc) is 2.28. The lowest BCUT2D eigenvalue weighted by Crippen LogP contribution is -2.09. The van der Waals surface area contributed by atoms with Gasteiger partial charge in [0, 0.05) is 17.9 Å². The van der Waals surface area contributed by atoms with Gasteiger partial charge >= 0.3 is 5.97 Å².